The predicted molar refractivity (Wildman–Crippen MR) is 102 cm³/mol. The molecule has 0 aromatic heterocycles. The number of nitrogens with zero attached hydrogens (tertiary/aromatic N) is 3. The Morgan fingerprint density at radius 3 is 2.42 bits per heavy atom. The summed E-state index contributed by atoms with van der Waals surface area (Å²) in [6, 6.07) is 11.9. The van der Waals surface area contributed by atoms with Gasteiger partial charge in [-0.3, -0.25) is 14.9 Å². The van der Waals surface area contributed by atoms with Crippen LogP contribution >= 0.6 is 23.2 Å². The van der Waals surface area contributed by atoms with Gasteiger partial charge in [0.05, 0.1) is 11.3 Å². The fourth-order valence-electron chi connectivity index (χ4n) is 3.02. The Morgan fingerprint density at radius 2 is 1.77 bits per heavy atom. The van der Waals surface area contributed by atoms with Crippen molar-refractivity contribution in [3.63, 3.8) is 0 Å². The summed E-state index contributed by atoms with van der Waals surface area (Å²) >= 11 is 12.0. The van der Waals surface area contributed by atoms with E-state index in [0.29, 0.717) is 41.9 Å². The summed E-state index contributed by atoms with van der Waals surface area (Å²) in [6.45, 7) is 2.06. The number of amides is 1. The van der Waals surface area contributed by atoms with E-state index < -0.39 is 4.92 Å². The number of rotatable bonds is 4. The first kappa shape index (κ1) is 18.5. The standard InChI is InChI=1S/C18H17Cl2N3O3/c19-14-5-6-16(17(12-14)23(25)26)21-7-9-22(10-8-21)18(24)11-13-3-1-2-4-15(13)20/h1-6,12H,7-11H2. The number of carbonyl (C=O) groups excluding carboxylic acids is 1. The van der Waals surface area contributed by atoms with Crippen LogP contribution in [-0.4, -0.2) is 41.9 Å². The van der Waals surface area contributed by atoms with Crippen molar-refractivity contribution in [3.8, 4) is 0 Å². The molecule has 1 aliphatic rings. The molecule has 1 fully saturated rings. The molecule has 2 aromatic carbocycles. The maximum Gasteiger partial charge on any atom is 0.294 e. The lowest BCUT2D eigenvalue weighted by atomic mass is 10.1. The summed E-state index contributed by atoms with van der Waals surface area (Å²) in [7, 11) is 0. The Kier molecular flexibility index (Phi) is 5.64. The highest BCUT2D eigenvalue weighted by molar-refractivity contribution is 6.31. The lowest BCUT2D eigenvalue weighted by Crippen LogP contribution is -2.49. The molecule has 0 spiro atoms. The third-order valence-electron chi connectivity index (χ3n) is 4.41. The zero-order chi connectivity index (χ0) is 18.7. The number of carbonyl (C=O) groups is 1. The van der Waals surface area contributed by atoms with Crippen LogP contribution in [0, 0.1) is 10.1 Å². The van der Waals surface area contributed by atoms with Crippen LogP contribution < -0.4 is 4.90 Å². The summed E-state index contributed by atoms with van der Waals surface area (Å²) in [4.78, 5) is 27.0. The van der Waals surface area contributed by atoms with Crippen molar-refractivity contribution in [2.24, 2.45) is 0 Å². The van der Waals surface area contributed by atoms with E-state index in [-0.39, 0.29) is 18.0 Å². The van der Waals surface area contributed by atoms with Crippen molar-refractivity contribution < 1.29 is 9.72 Å². The van der Waals surface area contributed by atoms with E-state index in [4.69, 9.17) is 23.2 Å². The third kappa shape index (κ3) is 4.08. The Balaban J connectivity index is 1.65. The van der Waals surface area contributed by atoms with Crippen LogP contribution in [0.2, 0.25) is 10.0 Å². The Bertz CT molecular complexity index is 836. The van der Waals surface area contributed by atoms with Crippen LogP contribution in [0.5, 0.6) is 0 Å². The molecule has 2 aromatic rings. The van der Waals surface area contributed by atoms with E-state index in [2.05, 4.69) is 0 Å². The molecule has 8 heteroatoms. The molecular formula is C18H17Cl2N3O3. The second-order valence-corrected chi connectivity index (χ2v) is 6.87. The highest BCUT2D eigenvalue weighted by Crippen LogP contribution is 2.31. The van der Waals surface area contributed by atoms with Gasteiger partial charge in [0.1, 0.15) is 5.69 Å². The smallest absolute Gasteiger partial charge is 0.294 e. The highest BCUT2D eigenvalue weighted by atomic mass is 35.5. The number of piperazine rings is 1. The van der Waals surface area contributed by atoms with E-state index in [1.807, 2.05) is 23.1 Å². The van der Waals surface area contributed by atoms with Crippen LogP contribution in [0.1, 0.15) is 5.56 Å². The number of anilines is 1. The van der Waals surface area contributed by atoms with Gasteiger partial charge in [0.15, 0.2) is 0 Å². The van der Waals surface area contributed by atoms with Crippen LogP contribution in [0.4, 0.5) is 11.4 Å². The molecule has 1 aliphatic heterocycles. The maximum atomic E-state index is 12.5. The number of hydrogen-bond acceptors (Lipinski definition) is 4. The molecule has 1 heterocycles. The van der Waals surface area contributed by atoms with Gasteiger partial charge in [0.25, 0.3) is 5.69 Å². The molecule has 0 N–H and O–H groups in total. The van der Waals surface area contributed by atoms with Gasteiger partial charge >= 0.3 is 0 Å². The van der Waals surface area contributed by atoms with Crippen molar-refractivity contribution in [2.45, 2.75) is 6.42 Å². The Morgan fingerprint density at radius 1 is 1.08 bits per heavy atom. The maximum absolute atomic E-state index is 12.5. The molecule has 0 aliphatic carbocycles. The molecule has 0 unspecified atom stereocenters. The summed E-state index contributed by atoms with van der Waals surface area (Å²) in [5.74, 6) is 0.00311. The molecule has 136 valence electrons. The molecule has 0 bridgehead atoms. The number of nitro benzene ring substituents is 1. The van der Waals surface area contributed by atoms with Crippen LogP contribution in [0.25, 0.3) is 0 Å². The molecule has 3 rings (SSSR count). The first-order chi connectivity index (χ1) is 12.5. The average molecular weight is 394 g/mol. The lowest BCUT2D eigenvalue weighted by Gasteiger charge is -2.36. The molecule has 0 atom stereocenters. The van der Waals surface area contributed by atoms with Crippen LogP contribution in [0.3, 0.4) is 0 Å². The van der Waals surface area contributed by atoms with E-state index in [1.165, 1.54) is 6.07 Å². The van der Waals surface area contributed by atoms with Gasteiger partial charge in [0.2, 0.25) is 5.91 Å². The number of hydrogen-bond donors (Lipinski definition) is 0. The van der Waals surface area contributed by atoms with Crippen molar-refractivity contribution >= 4 is 40.5 Å². The van der Waals surface area contributed by atoms with Crippen LogP contribution in [0.15, 0.2) is 42.5 Å². The summed E-state index contributed by atoms with van der Waals surface area (Å²) < 4.78 is 0. The molecule has 0 radical (unpaired) electrons. The normalized spacial score (nSPS) is 14.4. The van der Waals surface area contributed by atoms with Crippen molar-refractivity contribution in [2.75, 3.05) is 31.1 Å². The number of benzene rings is 2. The van der Waals surface area contributed by atoms with Crippen LogP contribution in [-0.2, 0) is 11.2 Å². The van der Waals surface area contributed by atoms with Gasteiger partial charge in [-0.15, -0.1) is 0 Å². The quantitative estimate of drug-likeness (QED) is 0.585. The fraction of sp³-hybridized carbons (Fsp3) is 0.278. The molecule has 1 saturated heterocycles. The molecule has 1 amide bonds. The van der Waals surface area contributed by atoms with E-state index >= 15 is 0 Å². The SMILES string of the molecule is O=C(Cc1ccccc1Cl)N1CCN(c2ccc(Cl)cc2[N+](=O)[O-])CC1. The van der Waals surface area contributed by atoms with Crippen molar-refractivity contribution in [3.05, 3.63) is 68.2 Å². The minimum absolute atomic E-state index is 0.00311. The zero-order valence-corrected chi connectivity index (χ0v) is 15.4. The minimum atomic E-state index is -0.434. The highest BCUT2D eigenvalue weighted by Gasteiger charge is 2.26. The molecule has 0 saturated carbocycles. The second kappa shape index (κ2) is 7.93. The van der Waals surface area contributed by atoms with Gasteiger partial charge in [-0.2, -0.15) is 0 Å². The largest absolute Gasteiger partial charge is 0.362 e. The predicted octanol–water partition coefficient (Wildman–Crippen LogP) is 3.79. The van der Waals surface area contributed by atoms with Crippen molar-refractivity contribution in [1.82, 2.24) is 4.90 Å². The van der Waals surface area contributed by atoms with Gasteiger partial charge in [-0.25, -0.2) is 0 Å². The first-order valence-corrected chi connectivity index (χ1v) is 8.91. The zero-order valence-electron chi connectivity index (χ0n) is 13.9. The fourth-order valence-corrected chi connectivity index (χ4v) is 3.39. The summed E-state index contributed by atoms with van der Waals surface area (Å²) in [5.41, 5.74) is 1.31. The van der Waals surface area contributed by atoms with Gasteiger partial charge < -0.3 is 9.80 Å². The second-order valence-electron chi connectivity index (χ2n) is 6.03. The number of halogens is 2. The van der Waals surface area contributed by atoms with Crippen molar-refractivity contribution in [1.29, 1.82) is 0 Å². The van der Waals surface area contributed by atoms with Gasteiger partial charge in [-0.05, 0) is 23.8 Å². The Hall–Kier alpha value is -2.31. The molecular weight excluding hydrogens is 377 g/mol. The minimum Gasteiger partial charge on any atom is -0.362 e. The van der Waals surface area contributed by atoms with E-state index in [1.54, 1.807) is 23.1 Å². The monoisotopic (exact) mass is 393 g/mol. The Labute approximate surface area is 161 Å². The first-order valence-electron chi connectivity index (χ1n) is 8.16. The van der Waals surface area contributed by atoms with E-state index in [0.717, 1.165) is 5.56 Å². The van der Waals surface area contributed by atoms with Gasteiger partial charge in [0, 0.05) is 42.3 Å². The molecule has 26 heavy (non-hydrogen) atoms. The van der Waals surface area contributed by atoms with Gasteiger partial charge in [-0.1, -0.05) is 41.4 Å². The summed E-state index contributed by atoms with van der Waals surface area (Å²) in [6.07, 6.45) is 0.251. The average Bonchev–Trinajstić information content (AvgIpc) is 2.63. The topological polar surface area (TPSA) is 66.7 Å². The summed E-state index contributed by atoms with van der Waals surface area (Å²) in [5, 5.41) is 12.2. The lowest BCUT2D eigenvalue weighted by molar-refractivity contribution is -0.384. The number of nitro groups is 1. The molecule has 6 nitrogen and oxygen atoms in total. The van der Waals surface area contributed by atoms with E-state index in [9.17, 15) is 14.9 Å². The third-order valence-corrected chi connectivity index (χ3v) is 5.01.